The Balaban J connectivity index is 1.63. The Kier molecular flexibility index (Phi) is 6.55. The number of aromatic nitrogens is 2. The molecule has 1 unspecified atom stereocenters. The number of nitrogens with one attached hydrogen (secondary N) is 2. The first-order valence-corrected chi connectivity index (χ1v) is 11.2. The zero-order chi connectivity index (χ0) is 23.4. The summed E-state index contributed by atoms with van der Waals surface area (Å²) in [4.78, 5) is 43.0. The molecule has 1 heterocycles. The number of amides is 3. The lowest BCUT2D eigenvalue weighted by atomic mass is 10.2. The highest BCUT2D eigenvalue weighted by Crippen LogP contribution is 2.26. The molecule has 3 aromatic carbocycles. The number of hydrogen-bond donors (Lipinski definition) is 2. The van der Waals surface area contributed by atoms with Gasteiger partial charge < -0.3 is 5.32 Å². The molecule has 0 bridgehead atoms. The number of rotatable bonds is 5. The highest BCUT2D eigenvalue weighted by molar-refractivity contribution is 8.00. The van der Waals surface area contributed by atoms with Gasteiger partial charge in [-0.1, -0.05) is 60.3 Å². The fourth-order valence-electron chi connectivity index (χ4n) is 3.33. The van der Waals surface area contributed by atoms with Crippen LogP contribution in [-0.4, -0.2) is 26.7 Å². The first-order valence-electron chi connectivity index (χ1n) is 10.4. The van der Waals surface area contributed by atoms with E-state index in [0.29, 0.717) is 27.4 Å². The van der Waals surface area contributed by atoms with Gasteiger partial charge >= 0.3 is 6.03 Å². The molecule has 4 rings (SSSR count). The van der Waals surface area contributed by atoms with Crippen LogP contribution in [0.4, 0.5) is 10.5 Å². The Morgan fingerprint density at radius 2 is 1.61 bits per heavy atom. The smallest absolute Gasteiger partial charge is 0.308 e. The molecule has 1 aromatic heterocycles. The third kappa shape index (κ3) is 4.96. The summed E-state index contributed by atoms with van der Waals surface area (Å²) in [6.07, 6.45) is 0. The molecule has 0 fully saturated rings. The molecule has 0 radical (unpaired) electrons. The van der Waals surface area contributed by atoms with Crippen molar-refractivity contribution in [2.45, 2.75) is 24.3 Å². The summed E-state index contributed by atoms with van der Waals surface area (Å²) < 4.78 is 1.52. The van der Waals surface area contributed by atoms with Gasteiger partial charge in [0.15, 0.2) is 5.16 Å². The molecule has 4 aromatic rings. The average Bonchev–Trinajstić information content (AvgIpc) is 2.81. The van der Waals surface area contributed by atoms with Gasteiger partial charge in [0, 0.05) is 5.69 Å². The monoisotopic (exact) mass is 458 g/mol. The van der Waals surface area contributed by atoms with Crippen LogP contribution in [0.15, 0.2) is 88.8 Å². The fourth-order valence-corrected chi connectivity index (χ4v) is 4.25. The minimum Gasteiger partial charge on any atom is -0.308 e. The Labute approximate surface area is 194 Å². The summed E-state index contributed by atoms with van der Waals surface area (Å²) in [5.41, 5.74) is 2.50. The zero-order valence-corrected chi connectivity index (χ0v) is 18.9. The van der Waals surface area contributed by atoms with E-state index in [1.807, 2.05) is 43.3 Å². The number of fused-ring (bicyclic) bond motifs is 1. The van der Waals surface area contributed by atoms with Crippen LogP contribution < -0.4 is 16.2 Å². The van der Waals surface area contributed by atoms with E-state index >= 15 is 0 Å². The van der Waals surface area contributed by atoms with Gasteiger partial charge in [-0.05, 0) is 49.7 Å². The van der Waals surface area contributed by atoms with Crippen LogP contribution in [0, 0.1) is 6.92 Å². The van der Waals surface area contributed by atoms with Crippen LogP contribution in [0.2, 0.25) is 0 Å². The molecule has 0 spiro atoms. The predicted molar refractivity (Wildman–Crippen MR) is 131 cm³/mol. The van der Waals surface area contributed by atoms with Gasteiger partial charge in [0.05, 0.1) is 21.8 Å². The molecular weight excluding hydrogens is 436 g/mol. The molecule has 0 aliphatic heterocycles. The topological polar surface area (TPSA) is 93.1 Å². The number of carbonyl (C=O) groups is 2. The molecule has 2 N–H and O–H groups in total. The molecular formula is C25H22N4O3S. The van der Waals surface area contributed by atoms with E-state index in [1.54, 1.807) is 49.4 Å². The zero-order valence-electron chi connectivity index (χ0n) is 18.1. The minimum absolute atomic E-state index is 0.216. The number of hydrogen-bond acceptors (Lipinski definition) is 5. The van der Waals surface area contributed by atoms with E-state index in [0.717, 1.165) is 17.3 Å². The van der Waals surface area contributed by atoms with Gasteiger partial charge in [-0.15, -0.1) is 0 Å². The highest BCUT2D eigenvalue weighted by atomic mass is 32.2. The molecule has 0 aliphatic carbocycles. The molecule has 33 heavy (non-hydrogen) atoms. The van der Waals surface area contributed by atoms with Gasteiger partial charge in [-0.2, -0.15) is 0 Å². The van der Waals surface area contributed by atoms with E-state index in [9.17, 15) is 14.4 Å². The van der Waals surface area contributed by atoms with Crippen LogP contribution in [0.25, 0.3) is 16.6 Å². The lowest BCUT2D eigenvalue weighted by molar-refractivity contribution is -0.119. The van der Waals surface area contributed by atoms with Gasteiger partial charge in [0.1, 0.15) is 0 Å². The normalized spacial score (nSPS) is 11.7. The second kappa shape index (κ2) is 9.70. The predicted octanol–water partition coefficient (Wildman–Crippen LogP) is 4.52. The number of nitrogens with zero attached hydrogens (tertiary/aromatic N) is 2. The third-order valence-electron chi connectivity index (χ3n) is 5.02. The number of urea groups is 1. The van der Waals surface area contributed by atoms with Crippen molar-refractivity contribution in [3.63, 3.8) is 0 Å². The lowest BCUT2D eigenvalue weighted by Crippen LogP contribution is -2.39. The van der Waals surface area contributed by atoms with Crippen LogP contribution in [-0.2, 0) is 4.79 Å². The van der Waals surface area contributed by atoms with Crippen molar-refractivity contribution < 1.29 is 9.59 Å². The summed E-state index contributed by atoms with van der Waals surface area (Å²) in [5, 5.41) is 5.14. The average molecular weight is 459 g/mol. The number of thioether (sulfide) groups is 1. The van der Waals surface area contributed by atoms with Crippen molar-refractivity contribution in [3.05, 3.63) is 94.8 Å². The minimum atomic E-state index is -0.685. The van der Waals surface area contributed by atoms with Gasteiger partial charge in [0.25, 0.3) is 5.56 Å². The van der Waals surface area contributed by atoms with Gasteiger partial charge in [-0.3, -0.25) is 19.5 Å². The molecule has 3 amide bonds. The standard InChI is InChI=1S/C25H22N4O3S/c1-16-10-6-9-15-21(16)29-23(31)19-13-7-8-14-20(19)27-25(29)33-17(2)22(30)28-24(32)26-18-11-4-3-5-12-18/h3-15,17H,1-2H3,(H2,26,28,30,32). The van der Waals surface area contributed by atoms with Crippen molar-refractivity contribution >= 4 is 40.3 Å². The molecule has 8 heteroatoms. The van der Waals surface area contributed by atoms with Crippen molar-refractivity contribution in [3.8, 4) is 5.69 Å². The van der Waals surface area contributed by atoms with E-state index in [1.165, 1.54) is 4.57 Å². The van der Waals surface area contributed by atoms with Crippen LogP contribution in [0.5, 0.6) is 0 Å². The van der Waals surface area contributed by atoms with Crippen LogP contribution >= 0.6 is 11.8 Å². The number of benzene rings is 3. The van der Waals surface area contributed by atoms with Crippen molar-refractivity contribution in [1.82, 2.24) is 14.9 Å². The highest BCUT2D eigenvalue weighted by Gasteiger charge is 2.22. The first kappa shape index (κ1) is 22.3. The quantitative estimate of drug-likeness (QED) is 0.339. The van der Waals surface area contributed by atoms with Crippen LogP contribution in [0.3, 0.4) is 0 Å². The molecule has 166 valence electrons. The second-order valence-corrected chi connectivity index (χ2v) is 8.72. The van der Waals surface area contributed by atoms with E-state index in [4.69, 9.17) is 0 Å². The van der Waals surface area contributed by atoms with Crippen molar-refractivity contribution in [2.24, 2.45) is 0 Å². The number of para-hydroxylation sites is 3. The summed E-state index contributed by atoms with van der Waals surface area (Å²) in [5.74, 6) is -0.493. The SMILES string of the molecule is Cc1ccccc1-n1c(SC(C)C(=O)NC(=O)Nc2ccccc2)nc2ccccc2c1=O. The summed E-state index contributed by atoms with van der Waals surface area (Å²) in [6, 6.07) is 22.8. The molecule has 0 aliphatic rings. The number of anilines is 1. The summed E-state index contributed by atoms with van der Waals surface area (Å²) >= 11 is 1.12. The van der Waals surface area contributed by atoms with Crippen molar-refractivity contribution in [2.75, 3.05) is 5.32 Å². The van der Waals surface area contributed by atoms with Crippen molar-refractivity contribution in [1.29, 1.82) is 0 Å². The van der Waals surface area contributed by atoms with E-state index in [-0.39, 0.29) is 5.56 Å². The maximum Gasteiger partial charge on any atom is 0.325 e. The molecule has 7 nitrogen and oxygen atoms in total. The van der Waals surface area contributed by atoms with Crippen LogP contribution in [0.1, 0.15) is 12.5 Å². The molecule has 1 atom stereocenters. The van der Waals surface area contributed by atoms with E-state index < -0.39 is 17.2 Å². The Morgan fingerprint density at radius 3 is 2.36 bits per heavy atom. The second-order valence-electron chi connectivity index (χ2n) is 7.41. The maximum atomic E-state index is 13.4. The number of carbonyl (C=O) groups excluding carboxylic acids is 2. The largest absolute Gasteiger partial charge is 0.325 e. The molecule has 0 saturated carbocycles. The lowest BCUT2D eigenvalue weighted by Gasteiger charge is -2.17. The Hall–Kier alpha value is -3.91. The Morgan fingerprint density at radius 1 is 0.939 bits per heavy atom. The number of aryl methyl sites for hydroxylation is 1. The molecule has 0 saturated heterocycles. The summed E-state index contributed by atoms with van der Waals surface area (Å²) in [7, 11) is 0. The Bertz CT molecular complexity index is 1390. The third-order valence-corrected chi connectivity index (χ3v) is 6.07. The maximum absolute atomic E-state index is 13.4. The van der Waals surface area contributed by atoms with Gasteiger partial charge in [-0.25, -0.2) is 9.78 Å². The summed E-state index contributed by atoms with van der Waals surface area (Å²) in [6.45, 7) is 3.58. The van der Waals surface area contributed by atoms with Gasteiger partial charge in [0.2, 0.25) is 5.91 Å². The first-order chi connectivity index (χ1) is 15.9. The number of imide groups is 1. The van der Waals surface area contributed by atoms with E-state index in [2.05, 4.69) is 15.6 Å². The fraction of sp³-hybridized carbons (Fsp3) is 0.120.